The SMILES string of the molecule is CN(Cc1ccco1)C(=O)c1ccc(CN2C(=O)CCC2=O)cc1. The number of imide groups is 1. The van der Waals surface area contributed by atoms with Crippen LogP contribution in [-0.4, -0.2) is 34.6 Å². The summed E-state index contributed by atoms with van der Waals surface area (Å²) >= 11 is 0. The van der Waals surface area contributed by atoms with E-state index < -0.39 is 0 Å². The molecule has 3 rings (SSSR count). The van der Waals surface area contributed by atoms with Gasteiger partial charge in [0.1, 0.15) is 5.76 Å². The summed E-state index contributed by atoms with van der Waals surface area (Å²) in [5.41, 5.74) is 1.37. The zero-order valence-electron chi connectivity index (χ0n) is 13.4. The average molecular weight is 326 g/mol. The topological polar surface area (TPSA) is 70.8 Å². The highest BCUT2D eigenvalue weighted by atomic mass is 16.3. The molecule has 1 aliphatic heterocycles. The maximum atomic E-state index is 12.4. The molecule has 2 aromatic rings. The molecule has 6 heteroatoms. The van der Waals surface area contributed by atoms with Gasteiger partial charge >= 0.3 is 0 Å². The highest BCUT2D eigenvalue weighted by Gasteiger charge is 2.28. The Morgan fingerprint density at radius 2 is 1.79 bits per heavy atom. The molecule has 6 nitrogen and oxygen atoms in total. The van der Waals surface area contributed by atoms with Crippen molar-refractivity contribution in [3.05, 3.63) is 59.5 Å². The third-order valence-corrected chi connectivity index (χ3v) is 4.02. The minimum Gasteiger partial charge on any atom is -0.467 e. The predicted molar refractivity (Wildman–Crippen MR) is 85.7 cm³/mol. The number of hydrogen-bond donors (Lipinski definition) is 0. The monoisotopic (exact) mass is 326 g/mol. The van der Waals surface area contributed by atoms with Gasteiger partial charge in [0, 0.05) is 25.5 Å². The quantitative estimate of drug-likeness (QED) is 0.790. The van der Waals surface area contributed by atoms with E-state index in [4.69, 9.17) is 4.42 Å². The molecule has 0 bridgehead atoms. The normalized spacial score (nSPS) is 14.3. The van der Waals surface area contributed by atoms with E-state index in [1.807, 2.05) is 6.07 Å². The second kappa shape index (κ2) is 6.70. The molecule has 1 aliphatic rings. The van der Waals surface area contributed by atoms with Crippen molar-refractivity contribution in [3.8, 4) is 0 Å². The average Bonchev–Trinajstić information content (AvgIpc) is 3.20. The van der Waals surface area contributed by atoms with Gasteiger partial charge < -0.3 is 9.32 Å². The molecule has 0 spiro atoms. The van der Waals surface area contributed by atoms with E-state index in [2.05, 4.69) is 0 Å². The summed E-state index contributed by atoms with van der Waals surface area (Å²) in [6, 6.07) is 10.6. The van der Waals surface area contributed by atoms with Crippen LogP contribution in [0.1, 0.15) is 34.5 Å². The molecule has 124 valence electrons. The van der Waals surface area contributed by atoms with Crippen molar-refractivity contribution in [1.82, 2.24) is 9.80 Å². The Balaban J connectivity index is 1.64. The van der Waals surface area contributed by atoms with Gasteiger partial charge in [0.05, 0.1) is 19.4 Å². The Labute approximate surface area is 139 Å². The summed E-state index contributed by atoms with van der Waals surface area (Å²) < 4.78 is 5.24. The standard InChI is InChI=1S/C18H18N2O4/c1-19(12-15-3-2-10-24-15)18(23)14-6-4-13(5-7-14)11-20-16(21)8-9-17(20)22/h2-7,10H,8-9,11-12H2,1H3. The highest BCUT2D eigenvalue weighted by molar-refractivity contribution is 6.01. The third kappa shape index (κ3) is 3.37. The Hall–Kier alpha value is -2.89. The first-order valence-electron chi connectivity index (χ1n) is 7.74. The predicted octanol–water partition coefficient (Wildman–Crippen LogP) is 2.20. The van der Waals surface area contributed by atoms with Crippen LogP contribution in [0.25, 0.3) is 0 Å². The van der Waals surface area contributed by atoms with Crippen LogP contribution in [0, 0.1) is 0 Å². The van der Waals surface area contributed by atoms with Crippen LogP contribution in [0.15, 0.2) is 47.1 Å². The molecule has 0 unspecified atom stereocenters. The van der Waals surface area contributed by atoms with Crippen LogP contribution in [0.2, 0.25) is 0 Å². The largest absolute Gasteiger partial charge is 0.467 e. The summed E-state index contributed by atoms with van der Waals surface area (Å²) in [5.74, 6) is 0.316. The second-order valence-electron chi connectivity index (χ2n) is 5.81. The van der Waals surface area contributed by atoms with E-state index in [0.717, 1.165) is 5.56 Å². The molecule has 1 saturated heterocycles. The Morgan fingerprint density at radius 1 is 1.12 bits per heavy atom. The molecule has 0 N–H and O–H groups in total. The lowest BCUT2D eigenvalue weighted by molar-refractivity contribution is -0.139. The van der Waals surface area contributed by atoms with Gasteiger partial charge in [-0.25, -0.2) is 0 Å². The van der Waals surface area contributed by atoms with E-state index in [-0.39, 0.29) is 37.1 Å². The van der Waals surface area contributed by atoms with Gasteiger partial charge in [-0.3, -0.25) is 19.3 Å². The lowest BCUT2D eigenvalue weighted by Gasteiger charge is -2.17. The van der Waals surface area contributed by atoms with E-state index in [1.165, 1.54) is 4.90 Å². The number of benzene rings is 1. The Kier molecular flexibility index (Phi) is 4.46. The van der Waals surface area contributed by atoms with Crippen molar-refractivity contribution in [2.75, 3.05) is 7.05 Å². The van der Waals surface area contributed by atoms with E-state index in [1.54, 1.807) is 48.5 Å². The van der Waals surface area contributed by atoms with Gasteiger partial charge in [-0.1, -0.05) is 12.1 Å². The minimum absolute atomic E-state index is 0.119. The van der Waals surface area contributed by atoms with Crippen molar-refractivity contribution in [3.63, 3.8) is 0 Å². The highest BCUT2D eigenvalue weighted by Crippen LogP contribution is 2.17. The summed E-state index contributed by atoms with van der Waals surface area (Å²) in [5, 5.41) is 0. The number of furan rings is 1. The number of hydrogen-bond acceptors (Lipinski definition) is 4. The van der Waals surface area contributed by atoms with E-state index in [0.29, 0.717) is 17.9 Å². The fourth-order valence-electron chi connectivity index (χ4n) is 2.66. The zero-order valence-corrected chi connectivity index (χ0v) is 13.4. The molecule has 24 heavy (non-hydrogen) atoms. The first-order valence-corrected chi connectivity index (χ1v) is 7.74. The van der Waals surface area contributed by atoms with Crippen LogP contribution in [-0.2, 0) is 22.7 Å². The molecule has 2 heterocycles. The number of rotatable bonds is 5. The molecule has 3 amide bonds. The number of amides is 3. The first kappa shape index (κ1) is 16.0. The number of likely N-dealkylation sites (tertiary alicyclic amines) is 1. The molecule has 0 aliphatic carbocycles. The molecule has 1 fully saturated rings. The maximum absolute atomic E-state index is 12.4. The number of carbonyl (C=O) groups excluding carboxylic acids is 3. The summed E-state index contributed by atoms with van der Waals surface area (Å²) in [6.07, 6.45) is 2.14. The van der Waals surface area contributed by atoms with Crippen molar-refractivity contribution >= 4 is 17.7 Å². The van der Waals surface area contributed by atoms with Crippen molar-refractivity contribution in [1.29, 1.82) is 0 Å². The molecule has 1 aromatic heterocycles. The van der Waals surface area contributed by atoms with Crippen molar-refractivity contribution < 1.29 is 18.8 Å². The van der Waals surface area contributed by atoms with Crippen LogP contribution in [0.3, 0.4) is 0 Å². The fraction of sp³-hybridized carbons (Fsp3) is 0.278. The third-order valence-electron chi connectivity index (χ3n) is 4.02. The molecule has 0 atom stereocenters. The molecular weight excluding hydrogens is 308 g/mol. The molecule has 1 aromatic carbocycles. The smallest absolute Gasteiger partial charge is 0.254 e. The first-order chi connectivity index (χ1) is 11.5. The van der Waals surface area contributed by atoms with Gasteiger partial charge in [0.25, 0.3) is 5.91 Å². The summed E-state index contributed by atoms with van der Waals surface area (Å²) in [6.45, 7) is 0.652. The lowest BCUT2D eigenvalue weighted by atomic mass is 10.1. The van der Waals surface area contributed by atoms with E-state index in [9.17, 15) is 14.4 Å². The van der Waals surface area contributed by atoms with Crippen LogP contribution in [0.5, 0.6) is 0 Å². The molecule has 0 saturated carbocycles. The van der Waals surface area contributed by atoms with Gasteiger partial charge in [-0.05, 0) is 29.8 Å². The fourth-order valence-corrected chi connectivity index (χ4v) is 2.66. The Bertz CT molecular complexity index is 734. The van der Waals surface area contributed by atoms with Crippen molar-refractivity contribution in [2.24, 2.45) is 0 Å². The summed E-state index contributed by atoms with van der Waals surface area (Å²) in [4.78, 5) is 38.5. The molecule has 0 radical (unpaired) electrons. The minimum atomic E-state index is -0.140. The van der Waals surface area contributed by atoms with Crippen molar-refractivity contribution in [2.45, 2.75) is 25.9 Å². The van der Waals surface area contributed by atoms with Crippen LogP contribution in [0.4, 0.5) is 0 Å². The van der Waals surface area contributed by atoms with Gasteiger partial charge in [-0.2, -0.15) is 0 Å². The maximum Gasteiger partial charge on any atom is 0.254 e. The van der Waals surface area contributed by atoms with Crippen LogP contribution < -0.4 is 0 Å². The summed E-state index contributed by atoms with van der Waals surface area (Å²) in [7, 11) is 1.71. The lowest BCUT2D eigenvalue weighted by Crippen LogP contribution is -2.28. The van der Waals surface area contributed by atoms with Gasteiger partial charge in [0.15, 0.2) is 0 Å². The van der Waals surface area contributed by atoms with Gasteiger partial charge in [-0.15, -0.1) is 0 Å². The number of carbonyl (C=O) groups is 3. The van der Waals surface area contributed by atoms with Crippen LogP contribution >= 0.6 is 0 Å². The second-order valence-corrected chi connectivity index (χ2v) is 5.81. The van der Waals surface area contributed by atoms with Gasteiger partial charge in [0.2, 0.25) is 11.8 Å². The molecular formula is C18H18N2O4. The van der Waals surface area contributed by atoms with E-state index >= 15 is 0 Å². The number of nitrogens with zero attached hydrogens (tertiary/aromatic N) is 2. The Morgan fingerprint density at radius 3 is 2.38 bits per heavy atom. The zero-order chi connectivity index (χ0) is 17.1.